The number of nitrogens with one attached hydrogen (secondary N) is 1. The maximum atomic E-state index is 5.23. The number of aryl methyl sites for hydroxylation is 1. The number of hydrogen-bond donors (Lipinski definition) is 2. The Bertz CT molecular complexity index is 235. The van der Waals surface area contributed by atoms with E-state index in [9.17, 15) is 0 Å². The van der Waals surface area contributed by atoms with Crippen LogP contribution in [0.4, 0.5) is 5.82 Å². The smallest absolute Gasteiger partial charge is 0.140 e. The highest BCUT2D eigenvalue weighted by molar-refractivity contribution is 5.35. The van der Waals surface area contributed by atoms with E-state index in [4.69, 9.17) is 5.84 Å². The number of hydrazine groups is 1. The van der Waals surface area contributed by atoms with Crippen LogP contribution in [0.3, 0.4) is 0 Å². The van der Waals surface area contributed by atoms with Gasteiger partial charge in [0, 0.05) is 6.20 Å². The number of rotatable bonds is 4. The maximum absolute atomic E-state index is 5.23. The highest BCUT2D eigenvalue weighted by Crippen LogP contribution is 2.08. The first kappa shape index (κ1) is 9.00. The second-order valence-corrected chi connectivity index (χ2v) is 2.80. The average molecular weight is 165 g/mol. The number of nitrogens with two attached hydrogens (primary N) is 1. The Hall–Kier alpha value is -1.09. The topological polar surface area (TPSA) is 50.9 Å². The molecule has 1 heterocycles. The van der Waals surface area contributed by atoms with Gasteiger partial charge < -0.3 is 5.43 Å². The van der Waals surface area contributed by atoms with Gasteiger partial charge >= 0.3 is 0 Å². The summed E-state index contributed by atoms with van der Waals surface area (Å²) in [6.07, 6.45) is 5.32. The molecule has 0 bridgehead atoms. The van der Waals surface area contributed by atoms with Crippen molar-refractivity contribution in [2.45, 2.75) is 26.2 Å². The first-order valence-electron chi connectivity index (χ1n) is 4.28. The maximum Gasteiger partial charge on any atom is 0.140 e. The van der Waals surface area contributed by atoms with Gasteiger partial charge in [-0.1, -0.05) is 13.3 Å². The number of aromatic nitrogens is 1. The molecule has 3 nitrogen and oxygen atoms in total. The summed E-state index contributed by atoms with van der Waals surface area (Å²) >= 11 is 0. The van der Waals surface area contributed by atoms with E-state index in [2.05, 4.69) is 17.3 Å². The van der Waals surface area contributed by atoms with Crippen molar-refractivity contribution in [1.82, 2.24) is 4.98 Å². The number of hydrogen-bond acceptors (Lipinski definition) is 3. The summed E-state index contributed by atoms with van der Waals surface area (Å²) < 4.78 is 0. The Morgan fingerprint density at radius 1 is 1.58 bits per heavy atom. The van der Waals surface area contributed by atoms with Crippen molar-refractivity contribution in [2.24, 2.45) is 5.84 Å². The molecule has 0 aliphatic rings. The molecule has 0 radical (unpaired) electrons. The van der Waals surface area contributed by atoms with Gasteiger partial charge in [0.1, 0.15) is 5.82 Å². The Morgan fingerprint density at radius 2 is 2.42 bits per heavy atom. The van der Waals surface area contributed by atoms with Gasteiger partial charge in [-0.05, 0) is 30.5 Å². The van der Waals surface area contributed by atoms with E-state index < -0.39 is 0 Å². The van der Waals surface area contributed by atoms with Crippen LogP contribution in [-0.4, -0.2) is 4.98 Å². The van der Waals surface area contributed by atoms with E-state index >= 15 is 0 Å². The third-order valence-electron chi connectivity index (χ3n) is 1.79. The lowest BCUT2D eigenvalue weighted by molar-refractivity contribution is 0.794. The molecule has 66 valence electrons. The van der Waals surface area contributed by atoms with Gasteiger partial charge in [0.15, 0.2) is 0 Å². The quantitative estimate of drug-likeness (QED) is 0.527. The summed E-state index contributed by atoms with van der Waals surface area (Å²) in [5, 5.41) is 0. The highest BCUT2D eigenvalue weighted by atomic mass is 15.2. The third-order valence-corrected chi connectivity index (χ3v) is 1.79. The Balaban J connectivity index is 2.60. The lowest BCUT2D eigenvalue weighted by Crippen LogP contribution is -2.08. The van der Waals surface area contributed by atoms with Crippen molar-refractivity contribution in [2.75, 3.05) is 5.43 Å². The fourth-order valence-electron chi connectivity index (χ4n) is 1.09. The molecule has 0 aliphatic heterocycles. The zero-order valence-electron chi connectivity index (χ0n) is 7.38. The Morgan fingerprint density at radius 3 is 3.08 bits per heavy atom. The second-order valence-electron chi connectivity index (χ2n) is 2.80. The van der Waals surface area contributed by atoms with E-state index in [1.54, 1.807) is 6.20 Å². The molecule has 0 aliphatic carbocycles. The van der Waals surface area contributed by atoms with Crippen molar-refractivity contribution >= 4 is 5.82 Å². The predicted molar refractivity (Wildman–Crippen MR) is 50.7 cm³/mol. The van der Waals surface area contributed by atoms with Gasteiger partial charge in [-0.25, -0.2) is 10.8 Å². The standard InChI is InChI=1S/C9H15N3/c1-2-3-4-8-5-6-11-9(7-8)12-10/h5-7H,2-4,10H2,1H3,(H,11,12). The van der Waals surface area contributed by atoms with Crippen molar-refractivity contribution in [3.05, 3.63) is 23.9 Å². The Labute approximate surface area is 73.0 Å². The minimum absolute atomic E-state index is 0.739. The molecule has 0 saturated heterocycles. The van der Waals surface area contributed by atoms with Gasteiger partial charge in [0.25, 0.3) is 0 Å². The molecule has 0 atom stereocenters. The molecular weight excluding hydrogens is 150 g/mol. The van der Waals surface area contributed by atoms with Gasteiger partial charge in [-0.3, -0.25) is 0 Å². The fraction of sp³-hybridized carbons (Fsp3) is 0.444. The van der Waals surface area contributed by atoms with Crippen LogP contribution in [0.5, 0.6) is 0 Å². The zero-order valence-corrected chi connectivity index (χ0v) is 7.38. The molecule has 0 unspecified atom stereocenters. The van der Waals surface area contributed by atoms with Crippen LogP contribution in [0, 0.1) is 0 Å². The van der Waals surface area contributed by atoms with E-state index in [1.807, 2.05) is 12.1 Å². The van der Waals surface area contributed by atoms with Gasteiger partial charge in [0.2, 0.25) is 0 Å². The van der Waals surface area contributed by atoms with Gasteiger partial charge in [-0.2, -0.15) is 0 Å². The molecule has 12 heavy (non-hydrogen) atoms. The molecule has 0 fully saturated rings. The first-order chi connectivity index (χ1) is 5.86. The lowest BCUT2D eigenvalue weighted by atomic mass is 10.1. The second kappa shape index (κ2) is 4.72. The summed E-state index contributed by atoms with van der Waals surface area (Å²) in [5.74, 6) is 5.97. The van der Waals surface area contributed by atoms with Crippen molar-refractivity contribution < 1.29 is 0 Å². The molecule has 1 aromatic heterocycles. The summed E-state index contributed by atoms with van der Waals surface area (Å²) in [6, 6.07) is 4.01. The molecule has 0 saturated carbocycles. The molecule has 3 N–H and O–H groups in total. The van der Waals surface area contributed by atoms with E-state index in [0.29, 0.717) is 0 Å². The number of nitrogens with zero attached hydrogens (tertiary/aromatic N) is 1. The number of pyridine rings is 1. The zero-order chi connectivity index (χ0) is 8.81. The normalized spacial score (nSPS) is 9.83. The largest absolute Gasteiger partial charge is 0.308 e. The van der Waals surface area contributed by atoms with Crippen LogP contribution >= 0.6 is 0 Å². The third kappa shape index (κ3) is 2.51. The summed E-state index contributed by atoms with van der Waals surface area (Å²) in [6.45, 7) is 2.18. The molecule has 1 rings (SSSR count). The van der Waals surface area contributed by atoms with Crippen molar-refractivity contribution in [3.63, 3.8) is 0 Å². The number of nitrogen functional groups attached to an aromatic ring is 1. The number of unbranched alkanes of at least 4 members (excludes halogenated alkanes) is 1. The predicted octanol–water partition coefficient (Wildman–Crippen LogP) is 1.71. The molecule has 0 spiro atoms. The average Bonchev–Trinajstić information content (AvgIpc) is 2.15. The highest BCUT2D eigenvalue weighted by Gasteiger charge is 1.94. The minimum Gasteiger partial charge on any atom is -0.308 e. The van der Waals surface area contributed by atoms with Crippen LogP contribution in [0.1, 0.15) is 25.3 Å². The minimum atomic E-state index is 0.739. The number of anilines is 1. The summed E-state index contributed by atoms with van der Waals surface area (Å²) in [4.78, 5) is 4.03. The first-order valence-corrected chi connectivity index (χ1v) is 4.28. The molecular formula is C9H15N3. The Kier molecular flexibility index (Phi) is 3.54. The molecule has 0 aromatic carbocycles. The lowest BCUT2D eigenvalue weighted by Gasteiger charge is -2.02. The van der Waals surface area contributed by atoms with E-state index in [-0.39, 0.29) is 0 Å². The molecule has 0 amide bonds. The van der Waals surface area contributed by atoms with Crippen LogP contribution < -0.4 is 11.3 Å². The van der Waals surface area contributed by atoms with Crippen LogP contribution in [-0.2, 0) is 6.42 Å². The van der Waals surface area contributed by atoms with Gasteiger partial charge in [-0.15, -0.1) is 0 Å². The summed E-state index contributed by atoms with van der Waals surface area (Å²) in [5.41, 5.74) is 3.82. The van der Waals surface area contributed by atoms with E-state index in [1.165, 1.54) is 18.4 Å². The van der Waals surface area contributed by atoms with Crippen LogP contribution in [0.15, 0.2) is 18.3 Å². The SMILES string of the molecule is CCCCc1ccnc(NN)c1. The van der Waals surface area contributed by atoms with Crippen molar-refractivity contribution in [3.8, 4) is 0 Å². The van der Waals surface area contributed by atoms with E-state index in [0.717, 1.165) is 12.2 Å². The van der Waals surface area contributed by atoms with Gasteiger partial charge in [0.05, 0.1) is 0 Å². The summed E-state index contributed by atoms with van der Waals surface area (Å²) in [7, 11) is 0. The molecule has 1 aromatic rings. The van der Waals surface area contributed by atoms with Crippen molar-refractivity contribution in [1.29, 1.82) is 0 Å². The monoisotopic (exact) mass is 165 g/mol. The molecule has 3 heteroatoms. The van der Waals surface area contributed by atoms with Crippen LogP contribution in [0.2, 0.25) is 0 Å². The van der Waals surface area contributed by atoms with Crippen LogP contribution in [0.25, 0.3) is 0 Å². The fourth-order valence-corrected chi connectivity index (χ4v) is 1.09.